The van der Waals surface area contributed by atoms with Gasteiger partial charge >= 0.3 is 0 Å². The molecular formula is C11H12F2O2. The van der Waals surface area contributed by atoms with Crippen LogP contribution >= 0.6 is 0 Å². The normalized spacial score (nSPS) is 15.7. The van der Waals surface area contributed by atoms with Crippen molar-refractivity contribution in [2.45, 2.75) is 18.8 Å². The minimum absolute atomic E-state index is 0.189. The van der Waals surface area contributed by atoms with Gasteiger partial charge in [0.2, 0.25) is 0 Å². The first-order valence-corrected chi connectivity index (χ1v) is 4.88. The van der Waals surface area contributed by atoms with Crippen LogP contribution in [-0.2, 0) is 12.3 Å². The zero-order valence-electron chi connectivity index (χ0n) is 8.17. The zero-order valence-corrected chi connectivity index (χ0v) is 8.17. The van der Waals surface area contributed by atoms with Gasteiger partial charge in [-0.3, -0.25) is 0 Å². The van der Waals surface area contributed by atoms with E-state index >= 15 is 0 Å². The number of hydrogen-bond donors (Lipinski definition) is 1. The summed E-state index contributed by atoms with van der Waals surface area (Å²) in [6, 6.07) is 4.32. The molecule has 2 rings (SSSR count). The van der Waals surface area contributed by atoms with E-state index in [1.54, 1.807) is 6.07 Å². The number of benzene rings is 1. The largest absolute Gasteiger partial charge is 0.493 e. The van der Waals surface area contributed by atoms with Crippen LogP contribution in [0.4, 0.5) is 8.78 Å². The van der Waals surface area contributed by atoms with E-state index in [4.69, 9.17) is 9.84 Å². The highest BCUT2D eigenvalue weighted by Crippen LogP contribution is 2.33. The summed E-state index contributed by atoms with van der Waals surface area (Å²) < 4.78 is 31.6. The molecule has 0 unspecified atom stereocenters. The highest BCUT2D eigenvalue weighted by molar-refractivity contribution is 5.40. The second-order valence-electron chi connectivity index (χ2n) is 3.64. The number of alkyl halides is 2. The lowest BCUT2D eigenvalue weighted by molar-refractivity contribution is -0.0558. The highest BCUT2D eigenvalue weighted by atomic mass is 19.3. The maximum Gasteiger partial charge on any atom is 0.295 e. The molecule has 1 heterocycles. The van der Waals surface area contributed by atoms with Crippen molar-refractivity contribution in [2.75, 3.05) is 13.2 Å². The van der Waals surface area contributed by atoms with Crippen molar-refractivity contribution in [1.82, 2.24) is 0 Å². The summed E-state index contributed by atoms with van der Waals surface area (Å²) in [6.45, 7) is -0.604. The molecule has 0 aliphatic carbocycles. The summed E-state index contributed by atoms with van der Waals surface area (Å²) >= 11 is 0. The molecule has 0 bridgehead atoms. The molecule has 0 radical (unpaired) electrons. The van der Waals surface area contributed by atoms with E-state index in [0.29, 0.717) is 12.4 Å². The molecule has 1 aliphatic rings. The average Bonchev–Trinajstić information content (AvgIpc) is 2.28. The van der Waals surface area contributed by atoms with Gasteiger partial charge in [-0.05, 0) is 24.5 Å². The number of ether oxygens (including phenoxy) is 1. The number of aliphatic hydroxyl groups excluding tert-OH is 1. The van der Waals surface area contributed by atoms with Gasteiger partial charge < -0.3 is 9.84 Å². The lowest BCUT2D eigenvalue weighted by Gasteiger charge is -2.20. The van der Waals surface area contributed by atoms with Gasteiger partial charge in [0.25, 0.3) is 5.92 Å². The Morgan fingerprint density at radius 2 is 2.20 bits per heavy atom. The number of aryl methyl sites for hydroxylation is 1. The molecule has 0 amide bonds. The van der Waals surface area contributed by atoms with Crippen LogP contribution in [0, 0.1) is 0 Å². The van der Waals surface area contributed by atoms with Crippen LogP contribution in [0.15, 0.2) is 18.2 Å². The molecule has 2 nitrogen and oxygen atoms in total. The summed E-state index contributed by atoms with van der Waals surface area (Å²) in [5.41, 5.74) is 0.768. The third kappa shape index (κ3) is 1.95. The smallest absolute Gasteiger partial charge is 0.295 e. The predicted octanol–water partition coefficient (Wildman–Crippen LogP) is 2.10. The van der Waals surface area contributed by atoms with Gasteiger partial charge in [-0.2, -0.15) is 8.78 Å². The quantitative estimate of drug-likeness (QED) is 0.816. The van der Waals surface area contributed by atoms with Gasteiger partial charge in [0, 0.05) is 5.56 Å². The molecule has 0 saturated carbocycles. The van der Waals surface area contributed by atoms with E-state index in [0.717, 1.165) is 18.4 Å². The van der Waals surface area contributed by atoms with Crippen LogP contribution < -0.4 is 4.74 Å². The van der Waals surface area contributed by atoms with Crippen LogP contribution in [0.1, 0.15) is 17.5 Å². The SMILES string of the molecule is OCC(F)(F)c1ccc2c(c1)OCCC2. The minimum atomic E-state index is -3.18. The van der Waals surface area contributed by atoms with Crippen molar-refractivity contribution in [2.24, 2.45) is 0 Å². The van der Waals surface area contributed by atoms with Crippen molar-refractivity contribution in [3.05, 3.63) is 29.3 Å². The first kappa shape index (κ1) is 10.4. The van der Waals surface area contributed by atoms with E-state index in [1.165, 1.54) is 12.1 Å². The standard InChI is InChI=1S/C11H12F2O2/c12-11(13,7-14)9-4-3-8-2-1-5-15-10(8)6-9/h3-4,6,14H,1-2,5,7H2. The number of aliphatic hydroxyl groups is 1. The summed E-state index contributed by atoms with van der Waals surface area (Å²) in [4.78, 5) is 0. The number of rotatable bonds is 2. The summed E-state index contributed by atoms with van der Waals surface area (Å²) in [6.07, 6.45) is 1.78. The van der Waals surface area contributed by atoms with Gasteiger partial charge in [-0.25, -0.2) is 0 Å². The molecule has 1 N–H and O–H groups in total. The molecule has 0 aromatic heterocycles. The molecule has 82 valence electrons. The predicted molar refractivity (Wildman–Crippen MR) is 51.2 cm³/mol. The molecule has 0 atom stereocenters. The molecular weight excluding hydrogens is 202 g/mol. The van der Waals surface area contributed by atoms with Gasteiger partial charge in [0.05, 0.1) is 6.61 Å². The lowest BCUT2D eigenvalue weighted by Crippen LogP contribution is -2.19. The fraction of sp³-hybridized carbons (Fsp3) is 0.455. The maximum atomic E-state index is 13.1. The van der Waals surface area contributed by atoms with E-state index < -0.39 is 12.5 Å². The number of hydrogen-bond acceptors (Lipinski definition) is 2. The fourth-order valence-corrected chi connectivity index (χ4v) is 1.66. The van der Waals surface area contributed by atoms with E-state index in [1.807, 2.05) is 0 Å². The summed E-state index contributed by atoms with van der Waals surface area (Å²) in [7, 11) is 0. The third-order valence-corrected chi connectivity index (χ3v) is 2.54. The maximum absolute atomic E-state index is 13.1. The minimum Gasteiger partial charge on any atom is -0.493 e. The zero-order chi connectivity index (χ0) is 10.9. The molecule has 0 saturated heterocycles. The van der Waals surface area contributed by atoms with Crippen molar-refractivity contribution in [1.29, 1.82) is 0 Å². The summed E-state index contributed by atoms with van der Waals surface area (Å²) in [5, 5.41) is 8.56. The van der Waals surface area contributed by atoms with Crippen molar-refractivity contribution in [3.8, 4) is 5.75 Å². The highest BCUT2D eigenvalue weighted by Gasteiger charge is 2.31. The Kier molecular flexibility index (Phi) is 2.61. The Morgan fingerprint density at radius 3 is 2.93 bits per heavy atom. The van der Waals surface area contributed by atoms with Gasteiger partial charge in [0.1, 0.15) is 12.4 Å². The lowest BCUT2D eigenvalue weighted by atomic mass is 10.0. The monoisotopic (exact) mass is 214 g/mol. The van der Waals surface area contributed by atoms with E-state index in [2.05, 4.69) is 0 Å². The molecule has 1 aromatic carbocycles. The molecule has 1 aromatic rings. The van der Waals surface area contributed by atoms with Gasteiger partial charge in [-0.15, -0.1) is 0 Å². The second kappa shape index (κ2) is 3.77. The molecule has 0 spiro atoms. The second-order valence-corrected chi connectivity index (χ2v) is 3.64. The van der Waals surface area contributed by atoms with Crippen LogP contribution in [0.2, 0.25) is 0 Å². The van der Waals surface area contributed by atoms with Gasteiger partial charge in [-0.1, -0.05) is 12.1 Å². The molecule has 15 heavy (non-hydrogen) atoms. The Balaban J connectivity index is 2.36. The average molecular weight is 214 g/mol. The van der Waals surface area contributed by atoms with Crippen molar-refractivity contribution < 1.29 is 18.6 Å². The number of fused-ring (bicyclic) bond motifs is 1. The Morgan fingerprint density at radius 1 is 1.40 bits per heavy atom. The Bertz CT molecular complexity index is 364. The van der Waals surface area contributed by atoms with Crippen LogP contribution in [-0.4, -0.2) is 18.3 Å². The van der Waals surface area contributed by atoms with Gasteiger partial charge in [0.15, 0.2) is 0 Å². The number of halogens is 2. The molecule has 4 heteroatoms. The summed E-state index contributed by atoms with van der Waals surface area (Å²) in [5.74, 6) is -2.66. The Labute approximate surface area is 86.5 Å². The van der Waals surface area contributed by atoms with Crippen molar-refractivity contribution >= 4 is 0 Å². The van der Waals surface area contributed by atoms with Crippen LogP contribution in [0.5, 0.6) is 5.75 Å². The van der Waals surface area contributed by atoms with Crippen LogP contribution in [0.3, 0.4) is 0 Å². The van der Waals surface area contributed by atoms with Crippen LogP contribution in [0.25, 0.3) is 0 Å². The Hall–Kier alpha value is -1.16. The molecule has 1 aliphatic heterocycles. The van der Waals surface area contributed by atoms with E-state index in [9.17, 15) is 8.78 Å². The van der Waals surface area contributed by atoms with Crippen molar-refractivity contribution in [3.63, 3.8) is 0 Å². The third-order valence-electron chi connectivity index (χ3n) is 2.54. The topological polar surface area (TPSA) is 29.5 Å². The van der Waals surface area contributed by atoms with E-state index in [-0.39, 0.29) is 5.56 Å². The molecule has 0 fully saturated rings. The first-order chi connectivity index (χ1) is 7.13. The fourth-order valence-electron chi connectivity index (χ4n) is 1.66. The first-order valence-electron chi connectivity index (χ1n) is 4.88.